The van der Waals surface area contributed by atoms with Gasteiger partial charge < -0.3 is 5.11 Å². The molecule has 0 bridgehead atoms. The van der Waals surface area contributed by atoms with Crippen LogP contribution in [-0.4, -0.2) is 19.9 Å². The summed E-state index contributed by atoms with van der Waals surface area (Å²) in [6.07, 6.45) is 5.15. The first kappa shape index (κ1) is 10.6. The number of rotatable bonds is 2. The van der Waals surface area contributed by atoms with Gasteiger partial charge in [-0.15, -0.1) is 0 Å². The van der Waals surface area contributed by atoms with E-state index in [0.29, 0.717) is 11.9 Å². The van der Waals surface area contributed by atoms with Gasteiger partial charge in [-0.1, -0.05) is 13.8 Å². The first-order valence-electron chi connectivity index (χ1n) is 5.70. The van der Waals surface area contributed by atoms with Gasteiger partial charge in [0, 0.05) is 0 Å². The van der Waals surface area contributed by atoms with Gasteiger partial charge >= 0.3 is 0 Å². The highest BCUT2D eigenvalue weighted by molar-refractivity contribution is 4.88. The quantitative estimate of drug-likeness (QED) is 0.807. The maximum absolute atomic E-state index is 9.15. The monoisotopic (exact) mass is 209 g/mol. The Morgan fingerprint density at radius 3 is 2.60 bits per heavy atom. The van der Waals surface area contributed by atoms with Crippen molar-refractivity contribution in [2.45, 2.75) is 45.8 Å². The molecule has 1 aromatic heterocycles. The fourth-order valence-corrected chi connectivity index (χ4v) is 2.80. The molecule has 4 nitrogen and oxygen atoms in total. The number of aliphatic hydroxyl groups is 1. The van der Waals surface area contributed by atoms with E-state index in [4.69, 9.17) is 5.11 Å². The minimum atomic E-state index is -0.0146. The summed E-state index contributed by atoms with van der Waals surface area (Å²) >= 11 is 0. The number of nitrogens with zero attached hydrogens (tertiary/aromatic N) is 3. The van der Waals surface area contributed by atoms with E-state index < -0.39 is 0 Å². The predicted octanol–water partition coefficient (Wildman–Crippen LogP) is 1.77. The van der Waals surface area contributed by atoms with Gasteiger partial charge in [0.05, 0.1) is 6.04 Å². The molecular weight excluding hydrogens is 190 g/mol. The minimum Gasteiger partial charge on any atom is -0.388 e. The summed E-state index contributed by atoms with van der Waals surface area (Å²) in [5.74, 6) is 2.19. The van der Waals surface area contributed by atoms with Crippen molar-refractivity contribution in [2.24, 2.45) is 11.8 Å². The molecule has 1 aliphatic carbocycles. The van der Waals surface area contributed by atoms with Gasteiger partial charge in [0.2, 0.25) is 0 Å². The summed E-state index contributed by atoms with van der Waals surface area (Å²) < 4.78 is 1.91. The lowest BCUT2D eigenvalue weighted by atomic mass is 9.80. The number of hydrogen-bond acceptors (Lipinski definition) is 3. The van der Waals surface area contributed by atoms with Crippen molar-refractivity contribution in [1.29, 1.82) is 0 Å². The van der Waals surface area contributed by atoms with Crippen LogP contribution in [0.15, 0.2) is 6.33 Å². The first-order chi connectivity index (χ1) is 7.20. The van der Waals surface area contributed by atoms with E-state index in [0.717, 1.165) is 24.7 Å². The Bertz CT molecular complexity index is 313. The summed E-state index contributed by atoms with van der Waals surface area (Å²) in [7, 11) is 0. The molecule has 1 aromatic rings. The van der Waals surface area contributed by atoms with E-state index in [9.17, 15) is 0 Å². The number of aromatic nitrogens is 3. The zero-order valence-corrected chi connectivity index (χ0v) is 9.43. The molecule has 0 amide bonds. The third-order valence-electron chi connectivity index (χ3n) is 3.29. The second-order valence-corrected chi connectivity index (χ2v) is 4.85. The Balaban J connectivity index is 2.16. The van der Waals surface area contributed by atoms with Gasteiger partial charge in [-0.3, -0.25) is 0 Å². The van der Waals surface area contributed by atoms with Crippen LogP contribution < -0.4 is 0 Å². The van der Waals surface area contributed by atoms with Crippen LogP contribution in [-0.2, 0) is 6.61 Å². The lowest BCUT2D eigenvalue weighted by molar-refractivity contribution is 0.191. The summed E-state index contributed by atoms with van der Waals surface area (Å²) in [6, 6.07) is 0.424. The molecule has 0 aromatic carbocycles. The molecule has 1 N–H and O–H groups in total. The van der Waals surface area contributed by atoms with E-state index >= 15 is 0 Å². The standard InChI is InChI=1S/C11H19N3O/c1-8-3-9(2)5-10(4-8)14-11(6-15)12-7-13-14/h7-10,15H,3-6H2,1-2H3. The SMILES string of the molecule is CC1CC(C)CC(n2ncnc2CO)C1. The topological polar surface area (TPSA) is 50.9 Å². The predicted molar refractivity (Wildman–Crippen MR) is 57.2 cm³/mol. The van der Waals surface area contributed by atoms with E-state index in [1.165, 1.54) is 12.7 Å². The van der Waals surface area contributed by atoms with Gasteiger partial charge in [-0.2, -0.15) is 5.10 Å². The third kappa shape index (κ3) is 2.20. The summed E-state index contributed by atoms with van der Waals surface area (Å²) in [6.45, 7) is 4.57. The highest BCUT2D eigenvalue weighted by Crippen LogP contribution is 2.35. The molecule has 1 saturated carbocycles. The zero-order chi connectivity index (χ0) is 10.8. The summed E-state index contributed by atoms with van der Waals surface area (Å²) in [5.41, 5.74) is 0. The number of aliphatic hydroxyl groups excluding tert-OH is 1. The molecule has 0 radical (unpaired) electrons. The molecule has 2 rings (SSSR count). The maximum atomic E-state index is 9.15. The Kier molecular flexibility index (Phi) is 3.05. The molecule has 84 valence electrons. The van der Waals surface area contributed by atoms with Crippen LogP contribution in [0, 0.1) is 11.8 Å². The van der Waals surface area contributed by atoms with E-state index in [1.807, 2.05) is 4.68 Å². The second kappa shape index (κ2) is 4.31. The van der Waals surface area contributed by atoms with Crippen molar-refractivity contribution in [3.63, 3.8) is 0 Å². The minimum absolute atomic E-state index is 0.0146. The van der Waals surface area contributed by atoms with Crippen LogP contribution in [0.1, 0.15) is 45.0 Å². The largest absolute Gasteiger partial charge is 0.388 e. The van der Waals surface area contributed by atoms with Gasteiger partial charge in [0.1, 0.15) is 12.9 Å². The molecule has 2 unspecified atom stereocenters. The van der Waals surface area contributed by atoms with Crippen LogP contribution in [0.4, 0.5) is 0 Å². The molecule has 0 aliphatic heterocycles. The van der Waals surface area contributed by atoms with Crippen LogP contribution in [0.2, 0.25) is 0 Å². The van der Waals surface area contributed by atoms with E-state index in [2.05, 4.69) is 23.9 Å². The van der Waals surface area contributed by atoms with Gasteiger partial charge in [-0.05, 0) is 31.1 Å². The average Bonchev–Trinajstić information content (AvgIpc) is 2.63. The highest BCUT2D eigenvalue weighted by atomic mass is 16.3. The summed E-state index contributed by atoms with van der Waals surface area (Å²) in [5, 5.41) is 13.4. The fraction of sp³-hybridized carbons (Fsp3) is 0.818. The lowest BCUT2D eigenvalue weighted by Gasteiger charge is -2.31. The molecule has 1 fully saturated rings. The smallest absolute Gasteiger partial charge is 0.152 e. The van der Waals surface area contributed by atoms with Crippen LogP contribution >= 0.6 is 0 Å². The van der Waals surface area contributed by atoms with E-state index in [-0.39, 0.29) is 6.61 Å². The van der Waals surface area contributed by atoms with Crippen molar-refractivity contribution in [1.82, 2.24) is 14.8 Å². The Morgan fingerprint density at radius 1 is 1.33 bits per heavy atom. The normalized spacial score (nSPS) is 31.8. The van der Waals surface area contributed by atoms with Crippen molar-refractivity contribution in [3.05, 3.63) is 12.2 Å². The molecule has 0 saturated heterocycles. The van der Waals surface area contributed by atoms with E-state index in [1.54, 1.807) is 0 Å². The molecule has 2 atom stereocenters. The molecule has 15 heavy (non-hydrogen) atoms. The van der Waals surface area contributed by atoms with Crippen molar-refractivity contribution >= 4 is 0 Å². The van der Waals surface area contributed by atoms with Crippen molar-refractivity contribution in [3.8, 4) is 0 Å². The van der Waals surface area contributed by atoms with Crippen LogP contribution in [0.5, 0.6) is 0 Å². The highest BCUT2D eigenvalue weighted by Gasteiger charge is 2.26. The molecule has 4 heteroatoms. The molecular formula is C11H19N3O. The number of hydrogen-bond donors (Lipinski definition) is 1. The molecule has 0 spiro atoms. The van der Waals surface area contributed by atoms with Crippen molar-refractivity contribution < 1.29 is 5.11 Å². The Morgan fingerprint density at radius 2 is 2.00 bits per heavy atom. The van der Waals surface area contributed by atoms with Crippen molar-refractivity contribution in [2.75, 3.05) is 0 Å². The first-order valence-corrected chi connectivity index (χ1v) is 5.70. The third-order valence-corrected chi connectivity index (χ3v) is 3.29. The van der Waals surface area contributed by atoms with Crippen LogP contribution in [0.3, 0.4) is 0 Å². The Hall–Kier alpha value is -0.900. The lowest BCUT2D eigenvalue weighted by Crippen LogP contribution is -2.24. The summed E-state index contributed by atoms with van der Waals surface area (Å²) in [4.78, 5) is 4.06. The molecule has 1 aliphatic rings. The fourth-order valence-electron chi connectivity index (χ4n) is 2.80. The van der Waals surface area contributed by atoms with Gasteiger partial charge in [-0.25, -0.2) is 9.67 Å². The maximum Gasteiger partial charge on any atom is 0.152 e. The second-order valence-electron chi connectivity index (χ2n) is 4.85. The Labute approximate surface area is 90.3 Å². The van der Waals surface area contributed by atoms with Gasteiger partial charge in [0.25, 0.3) is 0 Å². The zero-order valence-electron chi connectivity index (χ0n) is 9.43. The van der Waals surface area contributed by atoms with Gasteiger partial charge in [0.15, 0.2) is 5.82 Å². The molecule has 1 heterocycles. The van der Waals surface area contributed by atoms with Crippen LogP contribution in [0.25, 0.3) is 0 Å². The average molecular weight is 209 g/mol.